The number of imidazole rings is 2. The highest BCUT2D eigenvalue weighted by atomic mass is 35.5. The number of carbonyl (C=O) groups excluding carboxylic acids is 2. The number of benzene rings is 2. The monoisotopic (exact) mass is 854 g/mol. The molecule has 3 N–H and O–H groups in total. The number of carboxylic acids is 1. The van der Waals surface area contributed by atoms with E-state index in [1.807, 2.05) is 47.5 Å². The second kappa shape index (κ2) is 16.6. The first-order chi connectivity index (χ1) is 28.9. The van der Waals surface area contributed by atoms with Gasteiger partial charge in [0.15, 0.2) is 11.6 Å². The van der Waals surface area contributed by atoms with Gasteiger partial charge in [0, 0.05) is 75.6 Å². The average Bonchev–Trinajstić information content (AvgIpc) is 4.01. The van der Waals surface area contributed by atoms with Crippen molar-refractivity contribution in [2.75, 3.05) is 36.8 Å². The second-order valence-electron chi connectivity index (χ2n) is 18.4. The molecule has 0 atom stereocenters. The van der Waals surface area contributed by atoms with Gasteiger partial charge in [-0.05, 0) is 81.5 Å². The summed E-state index contributed by atoms with van der Waals surface area (Å²) in [5.41, 5.74) is 5.71. The lowest BCUT2D eigenvalue weighted by Crippen LogP contribution is -2.34. The smallest absolute Gasteiger partial charge is 0.309 e. The molecule has 14 heteroatoms. The maximum Gasteiger partial charge on any atom is 0.309 e. The van der Waals surface area contributed by atoms with Gasteiger partial charge in [0.25, 0.3) is 11.8 Å². The van der Waals surface area contributed by atoms with Crippen LogP contribution in [0.3, 0.4) is 0 Å². The minimum absolute atomic E-state index is 0.136. The van der Waals surface area contributed by atoms with E-state index in [0.717, 1.165) is 113 Å². The fraction of sp³-hybridized carbons (Fsp3) is 0.543. The molecule has 3 fully saturated rings. The van der Waals surface area contributed by atoms with Gasteiger partial charge < -0.3 is 24.9 Å². The van der Waals surface area contributed by atoms with Crippen molar-refractivity contribution >= 4 is 52.4 Å². The molecule has 0 saturated heterocycles. The normalized spacial score (nSPS) is 23.1. The van der Waals surface area contributed by atoms with Crippen LogP contribution in [0.2, 0.25) is 10.0 Å². The van der Waals surface area contributed by atoms with Crippen LogP contribution in [0.4, 0.5) is 11.4 Å². The molecule has 2 aromatic heterocycles. The van der Waals surface area contributed by atoms with Crippen LogP contribution in [0.15, 0.2) is 36.4 Å². The summed E-state index contributed by atoms with van der Waals surface area (Å²) in [6, 6.07) is 10.8. The van der Waals surface area contributed by atoms with E-state index in [9.17, 15) is 19.5 Å². The Morgan fingerprint density at radius 1 is 0.750 bits per heavy atom. The maximum atomic E-state index is 13.8. The highest BCUT2D eigenvalue weighted by molar-refractivity contribution is 6.40. The first kappa shape index (κ1) is 41.1. The number of fused-ring (bicyclic) bond motifs is 4. The van der Waals surface area contributed by atoms with Crippen LogP contribution >= 0.6 is 23.2 Å². The molecule has 2 aliphatic heterocycles. The molecule has 60 heavy (non-hydrogen) atoms. The maximum absolute atomic E-state index is 13.8. The first-order valence-corrected chi connectivity index (χ1v) is 22.7. The number of hydrogen-bond donors (Lipinski definition) is 3. The molecule has 0 unspecified atom stereocenters. The molecule has 318 valence electrons. The predicted octanol–water partition coefficient (Wildman–Crippen LogP) is 8.74. The van der Waals surface area contributed by atoms with Crippen molar-refractivity contribution in [3.05, 3.63) is 80.9 Å². The fourth-order valence-corrected chi connectivity index (χ4v) is 11.7. The third-order valence-corrected chi connectivity index (χ3v) is 15.6. The minimum atomic E-state index is -0.624. The quantitative estimate of drug-likeness (QED) is 0.129. The SMILES string of the molecule is Cn1c(C(=O)Nc2cccc(-c3cccc(NC(=O)c4nc5c(n4C)CCN(CCC46CCC(C(=O)O)(CC4)C6)C5)c3Cl)c2Cl)nc2c1CCN(CCC1CCCCC1)C2. The van der Waals surface area contributed by atoms with Gasteiger partial charge in [0.2, 0.25) is 0 Å². The van der Waals surface area contributed by atoms with Gasteiger partial charge in [-0.3, -0.25) is 24.2 Å². The molecular weight excluding hydrogens is 799 g/mol. The molecule has 2 amide bonds. The van der Waals surface area contributed by atoms with Gasteiger partial charge in [-0.2, -0.15) is 0 Å². The van der Waals surface area contributed by atoms with E-state index in [0.29, 0.717) is 50.7 Å². The number of rotatable bonds is 12. The van der Waals surface area contributed by atoms with Crippen molar-refractivity contribution < 1.29 is 19.5 Å². The lowest BCUT2D eigenvalue weighted by molar-refractivity contribution is -0.148. The van der Waals surface area contributed by atoms with Gasteiger partial charge in [-0.1, -0.05) is 79.6 Å². The summed E-state index contributed by atoms with van der Waals surface area (Å²) in [6.45, 7) is 5.21. The molecule has 2 aromatic carbocycles. The largest absolute Gasteiger partial charge is 0.481 e. The molecule has 2 bridgehead atoms. The first-order valence-electron chi connectivity index (χ1n) is 21.9. The number of nitrogens with zero attached hydrogens (tertiary/aromatic N) is 6. The Morgan fingerprint density at radius 2 is 1.27 bits per heavy atom. The molecule has 3 saturated carbocycles. The number of hydrogen-bond acceptors (Lipinski definition) is 7. The van der Waals surface area contributed by atoms with E-state index >= 15 is 0 Å². The zero-order valence-electron chi connectivity index (χ0n) is 34.8. The number of carboxylic acid groups (broad SMARTS) is 1. The zero-order chi connectivity index (χ0) is 41.8. The van der Waals surface area contributed by atoms with Gasteiger partial charge in [-0.15, -0.1) is 0 Å². The fourth-order valence-electron chi connectivity index (χ4n) is 11.2. The molecule has 3 aliphatic carbocycles. The van der Waals surface area contributed by atoms with Crippen LogP contribution in [0.5, 0.6) is 0 Å². The van der Waals surface area contributed by atoms with E-state index in [2.05, 4.69) is 20.4 Å². The average molecular weight is 856 g/mol. The number of halogens is 2. The Bertz CT molecular complexity index is 2320. The van der Waals surface area contributed by atoms with Crippen LogP contribution in [-0.4, -0.2) is 78.0 Å². The lowest BCUT2D eigenvalue weighted by atomic mass is 9.80. The van der Waals surface area contributed by atoms with Gasteiger partial charge >= 0.3 is 5.97 Å². The van der Waals surface area contributed by atoms with Crippen LogP contribution in [0.25, 0.3) is 11.1 Å². The summed E-state index contributed by atoms with van der Waals surface area (Å²) < 4.78 is 3.79. The molecular formula is C46H56Cl2N8O4. The standard InChI is InChI=1S/C46H56Cl2N8O4/c1-53-36-15-23-55(22-14-29-8-4-3-5-9-29)26-34(36)49-40(53)42(57)51-32-12-6-10-30(38(32)47)31-11-7-13-33(39(31)48)52-43(58)41-50-35-27-56(24-16-37(35)54(41)2)25-21-45-17-19-46(28-45,20-18-45)44(59)60/h6-7,10-13,29H,3-5,8-9,14-28H2,1-2H3,(H,51,57)(H,52,58)(H,59,60). The molecule has 5 aliphatic rings. The molecule has 4 heterocycles. The van der Waals surface area contributed by atoms with E-state index < -0.39 is 11.4 Å². The lowest BCUT2D eigenvalue weighted by Gasteiger charge is -2.32. The summed E-state index contributed by atoms with van der Waals surface area (Å²) in [7, 11) is 3.79. The van der Waals surface area contributed by atoms with Crippen LogP contribution in [0.1, 0.15) is 121 Å². The highest BCUT2D eigenvalue weighted by Crippen LogP contribution is 2.63. The second-order valence-corrected chi connectivity index (χ2v) is 19.1. The zero-order valence-corrected chi connectivity index (χ0v) is 36.3. The Labute approximate surface area is 362 Å². The molecule has 9 rings (SSSR count). The highest BCUT2D eigenvalue weighted by Gasteiger charge is 2.57. The number of aliphatic carboxylic acids is 1. The van der Waals surface area contributed by atoms with Crippen molar-refractivity contribution in [3.63, 3.8) is 0 Å². The number of carbonyl (C=O) groups is 3. The number of amides is 2. The Kier molecular flexibility index (Phi) is 11.4. The van der Waals surface area contributed by atoms with Crippen LogP contribution in [0, 0.1) is 16.7 Å². The molecule has 12 nitrogen and oxygen atoms in total. The minimum Gasteiger partial charge on any atom is -0.481 e. The predicted molar refractivity (Wildman–Crippen MR) is 234 cm³/mol. The molecule has 4 aromatic rings. The van der Waals surface area contributed by atoms with E-state index in [-0.39, 0.29) is 17.2 Å². The number of aromatic nitrogens is 4. The number of anilines is 2. The van der Waals surface area contributed by atoms with E-state index in [1.165, 1.54) is 38.5 Å². The van der Waals surface area contributed by atoms with E-state index in [4.69, 9.17) is 33.2 Å². The van der Waals surface area contributed by atoms with Gasteiger partial charge in [0.1, 0.15) is 0 Å². The number of nitrogens with one attached hydrogen (secondary N) is 2. The third kappa shape index (κ3) is 7.78. The van der Waals surface area contributed by atoms with Crippen LogP contribution in [-0.2, 0) is 44.8 Å². The van der Waals surface area contributed by atoms with Crippen molar-refractivity contribution in [2.24, 2.45) is 30.8 Å². The van der Waals surface area contributed by atoms with Crippen molar-refractivity contribution in [1.29, 1.82) is 0 Å². The van der Waals surface area contributed by atoms with Crippen molar-refractivity contribution in [1.82, 2.24) is 28.9 Å². The third-order valence-electron chi connectivity index (χ3n) is 14.8. The van der Waals surface area contributed by atoms with Gasteiger partial charge in [0.05, 0.1) is 38.2 Å². The topological polar surface area (TPSA) is 138 Å². The summed E-state index contributed by atoms with van der Waals surface area (Å²) in [5.74, 6) is 0.176. The van der Waals surface area contributed by atoms with Crippen molar-refractivity contribution in [3.8, 4) is 11.1 Å². The van der Waals surface area contributed by atoms with Crippen molar-refractivity contribution in [2.45, 2.75) is 103 Å². The summed E-state index contributed by atoms with van der Waals surface area (Å²) in [6.07, 6.45) is 15.0. The summed E-state index contributed by atoms with van der Waals surface area (Å²) in [5, 5.41) is 16.5. The Hall–Kier alpha value is -4.23. The van der Waals surface area contributed by atoms with E-state index in [1.54, 1.807) is 12.1 Å². The molecule has 0 spiro atoms. The summed E-state index contributed by atoms with van der Waals surface area (Å²) >= 11 is 14.0. The van der Waals surface area contributed by atoms with Gasteiger partial charge in [-0.25, -0.2) is 9.97 Å². The summed E-state index contributed by atoms with van der Waals surface area (Å²) in [4.78, 5) is 54.0. The Balaban J connectivity index is 0.844. The Morgan fingerprint density at radius 3 is 1.77 bits per heavy atom. The van der Waals surface area contributed by atoms with Crippen LogP contribution < -0.4 is 10.6 Å². The molecule has 0 radical (unpaired) electrons.